The van der Waals surface area contributed by atoms with Gasteiger partial charge in [0.05, 0.1) is 17.8 Å². The molecule has 0 spiro atoms. The summed E-state index contributed by atoms with van der Waals surface area (Å²) in [5.41, 5.74) is 0.331. The average molecular weight is 370 g/mol. The average Bonchev–Trinajstić information content (AvgIpc) is 2.60. The van der Waals surface area contributed by atoms with Crippen LogP contribution in [0.4, 0.5) is 0 Å². The predicted molar refractivity (Wildman–Crippen MR) is 104 cm³/mol. The summed E-state index contributed by atoms with van der Waals surface area (Å²) >= 11 is 0. The molecule has 0 N–H and O–H groups in total. The van der Waals surface area contributed by atoms with E-state index in [0.717, 1.165) is 11.5 Å². The number of hydrogen-bond acceptors (Lipinski definition) is 5. The molecule has 0 radical (unpaired) electrons. The Bertz CT molecular complexity index is 484. The Morgan fingerprint density at radius 1 is 1.16 bits per heavy atom. The molecule has 1 rings (SSSR count). The SMILES string of the molecule is CC(=O)OCC/C=C(/C[Si](C)(C)OC(C)C)B1OC(C)(C)C(C)(C)O1. The molecule has 0 bridgehead atoms. The van der Waals surface area contributed by atoms with Crippen molar-refractivity contribution in [2.45, 2.75) is 91.3 Å². The van der Waals surface area contributed by atoms with Crippen molar-refractivity contribution >= 4 is 21.4 Å². The second kappa shape index (κ2) is 8.38. The van der Waals surface area contributed by atoms with Crippen LogP contribution in [0.15, 0.2) is 11.5 Å². The number of hydrogen-bond donors (Lipinski definition) is 0. The second-order valence-electron chi connectivity index (χ2n) is 8.60. The zero-order valence-electron chi connectivity index (χ0n) is 17.4. The third kappa shape index (κ3) is 6.89. The minimum Gasteiger partial charge on any atom is -0.466 e. The van der Waals surface area contributed by atoms with Gasteiger partial charge in [0.25, 0.3) is 0 Å². The van der Waals surface area contributed by atoms with Gasteiger partial charge in [0.2, 0.25) is 0 Å². The molecule has 1 heterocycles. The first-order valence-corrected chi connectivity index (χ1v) is 12.2. The molecule has 25 heavy (non-hydrogen) atoms. The largest absolute Gasteiger partial charge is 0.490 e. The maximum absolute atomic E-state index is 11.0. The van der Waals surface area contributed by atoms with Crippen LogP contribution >= 0.6 is 0 Å². The number of allylic oxidation sites excluding steroid dienone is 1. The first-order valence-electron chi connectivity index (χ1n) is 9.11. The molecule has 1 fully saturated rings. The third-order valence-electron chi connectivity index (χ3n) is 4.57. The molecule has 1 aliphatic rings. The Hall–Kier alpha value is -0.628. The first kappa shape index (κ1) is 22.4. The maximum atomic E-state index is 11.0. The van der Waals surface area contributed by atoms with Gasteiger partial charge >= 0.3 is 13.1 Å². The Balaban J connectivity index is 2.92. The van der Waals surface area contributed by atoms with Crippen molar-refractivity contribution in [3.63, 3.8) is 0 Å². The van der Waals surface area contributed by atoms with Crippen molar-refractivity contribution in [2.75, 3.05) is 6.61 Å². The highest BCUT2D eigenvalue weighted by Crippen LogP contribution is 2.40. The molecule has 7 heteroatoms. The van der Waals surface area contributed by atoms with Gasteiger partial charge in [-0.25, -0.2) is 0 Å². The van der Waals surface area contributed by atoms with Gasteiger partial charge in [0.15, 0.2) is 8.32 Å². The number of rotatable bonds is 8. The van der Waals surface area contributed by atoms with Crippen LogP contribution in [0.1, 0.15) is 54.9 Å². The fourth-order valence-corrected chi connectivity index (χ4v) is 5.52. The van der Waals surface area contributed by atoms with Crippen LogP contribution in [0, 0.1) is 0 Å². The Kier molecular flexibility index (Phi) is 7.51. The molecule has 0 amide bonds. The van der Waals surface area contributed by atoms with Crippen LogP contribution in [-0.4, -0.2) is 45.3 Å². The Morgan fingerprint density at radius 3 is 2.12 bits per heavy atom. The van der Waals surface area contributed by atoms with E-state index in [1.807, 2.05) is 0 Å². The molecule has 0 aliphatic carbocycles. The van der Waals surface area contributed by atoms with Gasteiger partial charge < -0.3 is 18.5 Å². The molecule has 144 valence electrons. The highest BCUT2D eigenvalue weighted by molar-refractivity contribution is 6.74. The van der Waals surface area contributed by atoms with E-state index < -0.39 is 8.32 Å². The van der Waals surface area contributed by atoms with Gasteiger partial charge in [-0.3, -0.25) is 4.79 Å². The van der Waals surface area contributed by atoms with Crippen LogP contribution in [0.2, 0.25) is 19.1 Å². The summed E-state index contributed by atoms with van der Waals surface area (Å²) < 4.78 is 23.7. The Morgan fingerprint density at radius 2 is 1.68 bits per heavy atom. The molecule has 5 nitrogen and oxygen atoms in total. The van der Waals surface area contributed by atoms with E-state index in [2.05, 4.69) is 60.7 Å². The summed E-state index contributed by atoms with van der Waals surface area (Å²) in [5.74, 6) is -0.261. The summed E-state index contributed by atoms with van der Waals surface area (Å²) in [6, 6.07) is 0.822. The van der Waals surface area contributed by atoms with Crippen molar-refractivity contribution in [2.24, 2.45) is 0 Å². The molecule has 1 aliphatic heterocycles. The number of carbonyl (C=O) groups is 1. The van der Waals surface area contributed by atoms with Crippen molar-refractivity contribution in [1.82, 2.24) is 0 Å². The van der Waals surface area contributed by atoms with E-state index in [0.29, 0.717) is 13.0 Å². The zero-order valence-corrected chi connectivity index (χ0v) is 18.4. The maximum Gasteiger partial charge on any atom is 0.490 e. The molecule has 0 aromatic rings. The van der Waals surface area contributed by atoms with E-state index in [9.17, 15) is 4.79 Å². The van der Waals surface area contributed by atoms with Crippen molar-refractivity contribution in [3.05, 3.63) is 11.5 Å². The van der Waals surface area contributed by atoms with Crippen LogP contribution in [-0.2, 0) is 23.3 Å². The van der Waals surface area contributed by atoms with Crippen LogP contribution in [0.5, 0.6) is 0 Å². The number of esters is 1. The number of ether oxygens (including phenoxy) is 1. The quantitative estimate of drug-likeness (QED) is 0.365. The lowest BCUT2D eigenvalue weighted by atomic mass is 9.78. The molecule has 0 atom stereocenters. The van der Waals surface area contributed by atoms with E-state index >= 15 is 0 Å². The topological polar surface area (TPSA) is 54.0 Å². The fourth-order valence-electron chi connectivity index (χ4n) is 2.86. The fraction of sp³-hybridized carbons (Fsp3) is 0.833. The predicted octanol–water partition coefficient (Wildman–Crippen LogP) is 4.13. The smallest absolute Gasteiger partial charge is 0.466 e. The van der Waals surface area contributed by atoms with E-state index in [-0.39, 0.29) is 30.4 Å². The summed E-state index contributed by atoms with van der Waals surface area (Å²) in [5, 5.41) is 0. The summed E-state index contributed by atoms with van der Waals surface area (Å²) in [6.45, 7) is 18.5. The molecule has 0 unspecified atom stereocenters. The van der Waals surface area contributed by atoms with Gasteiger partial charge in [-0.1, -0.05) is 6.08 Å². The number of carbonyl (C=O) groups excluding carboxylic acids is 1. The second-order valence-corrected chi connectivity index (χ2v) is 12.7. The molecule has 0 saturated carbocycles. The molecule has 0 aromatic heterocycles. The van der Waals surface area contributed by atoms with Gasteiger partial charge in [0.1, 0.15) is 0 Å². The summed E-state index contributed by atoms with van der Waals surface area (Å²) in [4.78, 5) is 11.0. The highest BCUT2D eigenvalue weighted by atomic mass is 28.4. The third-order valence-corrected chi connectivity index (χ3v) is 6.94. The highest BCUT2D eigenvalue weighted by Gasteiger charge is 2.52. The van der Waals surface area contributed by atoms with Crippen molar-refractivity contribution in [3.8, 4) is 0 Å². The van der Waals surface area contributed by atoms with Crippen LogP contribution in [0.25, 0.3) is 0 Å². The van der Waals surface area contributed by atoms with E-state index in [1.54, 1.807) is 0 Å². The lowest BCUT2D eigenvalue weighted by Crippen LogP contribution is -2.41. The zero-order chi connectivity index (χ0) is 19.5. The van der Waals surface area contributed by atoms with E-state index in [4.69, 9.17) is 18.5 Å². The van der Waals surface area contributed by atoms with Gasteiger partial charge in [-0.15, -0.1) is 0 Å². The standard InChI is InChI=1S/C18H35BO5Si/c1-14(2)22-25(8,9)13-16(11-10-12-21-15(3)20)19-23-17(4,5)18(6,7)24-19/h11,14H,10,12-13H2,1-9H3/b16-11-. The summed E-state index contributed by atoms with van der Waals surface area (Å²) in [7, 11) is -2.29. The first-order chi connectivity index (χ1) is 11.3. The Labute approximate surface area is 154 Å². The lowest BCUT2D eigenvalue weighted by Gasteiger charge is -2.32. The van der Waals surface area contributed by atoms with Crippen LogP contribution < -0.4 is 0 Å². The van der Waals surface area contributed by atoms with Crippen LogP contribution in [0.3, 0.4) is 0 Å². The van der Waals surface area contributed by atoms with Gasteiger partial charge in [0, 0.05) is 13.0 Å². The molecule has 0 aromatic carbocycles. The van der Waals surface area contributed by atoms with Crippen molar-refractivity contribution in [1.29, 1.82) is 0 Å². The van der Waals surface area contributed by atoms with Crippen molar-refractivity contribution < 1.29 is 23.3 Å². The van der Waals surface area contributed by atoms with E-state index in [1.165, 1.54) is 6.92 Å². The normalized spacial score (nSPS) is 20.2. The minimum atomic E-state index is -1.91. The minimum absolute atomic E-state index is 0.197. The lowest BCUT2D eigenvalue weighted by molar-refractivity contribution is -0.140. The molecular weight excluding hydrogens is 335 g/mol. The molecular formula is C18H35BO5Si. The molecule has 1 saturated heterocycles. The summed E-state index contributed by atoms with van der Waals surface area (Å²) in [6.07, 6.45) is 2.93. The van der Waals surface area contributed by atoms with Gasteiger partial charge in [-0.2, -0.15) is 0 Å². The van der Waals surface area contributed by atoms with Gasteiger partial charge in [-0.05, 0) is 72.6 Å². The monoisotopic (exact) mass is 370 g/mol.